The summed E-state index contributed by atoms with van der Waals surface area (Å²) in [4.78, 5) is 12.7. The molecule has 3 rings (SSSR count). The van der Waals surface area contributed by atoms with E-state index in [1.165, 1.54) is 24.3 Å². The predicted molar refractivity (Wildman–Crippen MR) is 89.8 cm³/mol. The Kier molecular flexibility index (Phi) is 4.10. The first-order valence-electron chi connectivity index (χ1n) is 7.96. The maximum absolute atomic E-state index is 13.8. The summed E-state index contributed by atoms with van der Waals surface area (Å²) in [6.45, 7) is 4.89. The second-order valence-electron chi connectivity index (χ2n) is 7.02. The van der Waals surface area contributed by atoms with E-state index in [0.29, 0.717) is 0 Å². The lowest BCUT2D eigenvalue weighted by molar-refractivity contribution is -0.142. The summed E-state index contributed by atoms with van der Waals surface area (Å²) < 4.78 is 53.0. The zero-order valence-electron chi connectivity index (χ0n) is 14.7. The van der Waals surface area contributed by atoms with Crippen LogP contribution in [-0.4, -0.2) is 22.4 Å². The molecule has 1 atom stereocenters. The summed E-state index contributed by atoms with van der Waals surface area (Å²) in [6.07, 6.45) is -5.72. The standard InChI is InChI=1S/C18H16F3N3O3/c1-17(2,3)27-16(25)24-11-7-5-4-6-9(11)12-13(18(19,20)21)10(8-22)14(23)26-15(12)24/h4-7,13H,23H2,1-3H3. The van der Waals surface area contributed by atoms with Crippen LogP contribution in [0.5, 0.6) is 5.88 Å². The minimum Gasteiger partial charge on any atom is -0.443 e. The highest BCUT2D eigenvalue weighted by molar-refractivity contribution is 5.96. The fraction of sp³-hybridized carbons (Fsp3) is 0.333. The molecular weight excluding hydrogens is 363 g/mol. The van der Waals surface area contributed by atoms with Crippen molar-refractivity contribution in [3.8, 4) is 11.9 Å². The van der Waals surface area contributed by atoms with Crippen LogP contribution in [0.4, 0.5) is 18.0 Å². The smallest absolute Gasteiger partial charge is 0.421 e. The summed E-state index contributed by atoms with van der Waals surface area (Å²) in [6, 6.07) is 7.47. The number of alkyl halides is 3. The lowest BCUT2D eigenvalue weighted by atomic mass is 9.89. The quantitative estimate of drug-likeness (QED) is 0.742. The molecule has 0 bridgehead atoms. The third kappa shape index (κ3) is 3.07. The van der Waals surface area contributed by atoms with Gasteiger partial charge in [0.15, 0.2) is 0 Å². The number of nitrogens with zero attached hydrogens (tertiary/aromatic N) is 2. The van der Waals surface area contributed by atoms with Crippen molar-refractivity contribution in [2.45, 2.75) is 38.5 Å². The highest BCUT2D eigenvalue weighted by Gasteiger charge is 2.51. The fourth-order valence-electron chi connectivity index (χ4n) is 3.00. The van der Waals surface area contributed by atoms with Crippen molar-refractivity contribution in [2.75, 3.05) is 0 Å². The van der Waals surface area contributed by atoms with Gasteiger partial charge in [-0.05, 0) is 26.8 Å². The van der Waals surface area contributed by atoms with Crippen molar-refractivity contribution in [3.05, 3.63) is 41.3 Å². The average Bonchev–Trinajstić information content (AvgIpc) is 2.84. The van der Waals surface area contributed by atoms with E-state index < -0.39 is 41.1 Å². The highest BCUT2D eigenvalue weighted by Crippen LogP contribution is 2.51. The van der Waals surface area contributed by atoms with E-state index in [4.69, 9.17) is 15.2 Å². The number of nitriles is 1. The van der Waals surface area contributed by atoms with Gasteiger partial charge >= 0.3 is 12.3 Å². The molecule has 0 spiro atoms. The number of allylic oxidation sites excluding steroid dienone is 1. The summed E-state index contributed by atoms with van der Waals surface area (Å²) in [5, 5.41) is 9.32. The molecule has 0 aliphatic carbocycles. The largest absolute Gasteiger partial charge is 0.443 e. The molecule has 142 valence electrons. The third-order valence-electron chi connectivity index (χ3n) is 3.94. The molecular formula is C18H16F3N3O3. The average molecular weight is 379 g/mol. The Morgan fingerprint density at radius 1 is 1.30 bits per heavy atom. The molecule has 1 aliphatic rings. The maximum atomic E-state index is 13.8. The second kappa shape index (κ2) is 5.94. The number of halogens is 3. The minimum absolute atomic E-state index is 0.126. The van der Waals surface area contributed by atoms with Gasteiger partial charge in [0.05, 0.1) is 5.52 Å². The summed E-state index contributed by atoms with van der Waals surface area (Å²) in [5.74, 6) is -3.40. The predicted octanol–water partition coefficient (Wildman–Crippen LogP) is 4.16. The number of ether oxygens (including phenoxy) is 2. The summed E-state index contributed by atoms with van der Waals surface area (Å²) in [5.41, 5.74) is 3.78. The van der Waals surface area contributed by atoms with Gasteiger partial charge < -0.3 is 15.2 Å². The Hall–Kier alpha value is -3.15. The topological polar surface area (TPSA) is 90.3 Å². The number of carbonyl (C=O) groups excluding carboxylic acids is 1. The summed E-state index contributed by atoms with van der Waals surface area (Å²) >= 11 is 0. The van der Waals surface area contributed by atoms with Crippen LogP contribution in [0.25, 0.3) is 10.9 Å². The SMILES string of the molecule is CC(C)(C)OC(=O)n1c2c(c3ccccc31)C(C(F)(F)F)C(C#N)=C(N)O2. The van der Waals surface area contributed by atoms with Gasteiger partial charge in [0.25, 0.3) is 0 Å². The molecule has 2 heterocycles. The number of rotatable bonds is 0. The first-order chi connectivity index (χ1) is 12.5. The maximum Gasteiger partial charge on any atom is 0.421 e. The highest BCUT2D eigenvalue weighted by atomic mass is 19.4. The minimum atomic E-state index is -4.81. The van der Waals surface area contributed by atoms with Crippen LogP contribution < -0.4 is 10.5 Å². The van der Waals surface area contributed by atoms with Gasteiger partial charge in [-0.15, -0.1) is 0 Å². The van der Waals surface area contributed by atoms with E-state index in [2.05, 4.69) is 0 Å². The number of aromatic nitrogens is 1. The van der Waals surface area contributed by atoms with Gasteiger partial charge in [-0.25, -0.2) is 9.36 Å². The third-order valence-corrected chi connectivity index (χ3v) is 3.94. The zero-order valence-corrected chi connectivity index (χ0v) is 14.7. The van der Waals surface area contributed by atoms with Crippen molar-refractivity contribution < 1.29 is 27.4 Å². The Bertz CT molecular complexity index is 1010. The number of para-hydroxylation sites is 1. The Morgan fingerprint density at radius 3 is 2.48 bits per heavy atom. The zero-order chi connectivity index (χ0) is 20.1. The molecule has 0 fully saturated rings. The Morgan fingerprint density at radius 2 is 1.93 bits per heavy atom. The molecule has 2 N–H and O–H groups in total. The van der Waals surface area contributed by atoms with Crippen LogP contribution in [-0.2, 0) is 4.74 Å². The van der Waals surface area contributed by atoms with Gasteiger partial charge in [0, 0.05) is 10.9 Å². The lowest BCUT2D eigenvalue weighted by Gasteiger charge is -2.27. The number of hydrogen-bond donors (Lipinski definition) is 1. The van der Waals surface area contributed by atoms with Crippen LogP contribution in [0.2, 0.25) is 0 Å². The Labute approximate surface area is 152 Å². The van der Waals surface area contributed by atoms with Crippen LogP contribution in [0, 0.1) is 11.3 Å². The summed E-state index contributed by atoms with van der Waals surface area (Å²) in [7, 11) is 0. The molecule has 0 saturated carbocycles. The van der Waals surface area contributed by atoms with Crippen LogP contribution in [0.15, 0.2) is 35.7 Å². The first kappa shape index (κ1) is 18.6. The number of benzene rings is 1. The number of fused-ring (bicyclic) bond motifs is 3. The molecule has 27 heavy (non-hydrogen) atoms. The van der Waals surface area contributed by atoms with Crippen molar-refractivity contribution >= 4 is 17.0 Å². The molecule has 9 heteroatoms. The van der Waals surface area contributed by atoms with Crippen molar-refractivity contribution in [2.24, 2.45) is 5.73 Å². The van der Waals surface area contributed by atoms with Crippen LogP contribution in [0.3, 0.4) is 0 Å². The molecule has 0 amide bonds. The number of hydrogen-bond acceptors (Lipinski definition) is 5. The molecule has 2 aromatic rings. The van der Waals surface area contributed by atoms with E-state index in [1.54, 1.807) is 26.8 Å². The molecule has 6 nitrogen and oxygen atoms in total. The van der Waals surface area contributed by atoms with Crippen molar-refractivity contribution in [1.29, 1.82) is 5.26 Å². The van der Waals surface area contributed by atoms with Crippen LogP contribution >= 0.6 is 0 Å². The fourth-order valence-corrected chi connectivity index (χ4v) is 3.00. The van der Waals surface area contributed by atoms with Crippen molar-refractivity contribution in [3.63, 3.8) is 0 Å². The van der Waals surface area contributed by atoms with Gasteiger partial charge in [-0.1, -0.05) is 18.2 Å². The van der Waals surface area contributed by atoms with Gasteiger partial charge in [-0.3, -0.25) is 0 Å². The lowest BCUT2D eigenvalue weighted by Crippen LogP contribution is -2.32. The normalized spacial score (nSPS) is 17.3. The molecule has 1 aromatic heterocycles. The Balaban J connectivity index is 2.35. The molecule has 1 unspecified atom stereocenters. The van der Waals surface area contributed by atoms with Gasteiger partial charge in [0.1, 0.15) is 23.2 Å². The van der Waals surface area contributed by atoms with Crippen molar-refractivity contribution in [1.82, 2.24) is 4.57 Å². The number of nitrogens with two attached hydrogens (primary N) is 1. The van der Waals surface area contributed by atoms with Gasteiger partial charge in [0.2, 0.25) is 11.8 Å². The second-order valence-corrected chi connectivity index (χ2v) is 7.02. The molecule has 0 saturated heterocycles. The van der Waals surface area contributed by atoms with Crippen LogP contribution in [0.1, 0.15) is 32.3 Å². The monoisotopic (exact) mass is 379 g/mol. The van der Waals surface area contributed by atoms with E-state index >= 15 is 0 Å². The van der Waals surface area contributed by atoms with Gasteiger partial charge in [-0.2, -0.15) is 18.4 Å². The van der Waals surface area contributed by atoms with E-state index in [-0.39, 0.29) is 16.5 Å². The first-order valence-corrected chi connectivity index (χ1v) is 7.96. The molecule has 0 radical (unpaired) electrons. The van der Waals surface area contributed by atoms with E-state index in [1.807, 2.05) is 0 Å². The number of carbonyl (C=O) groups is 1. The molecule has 1 aromatic carbocycles. The van der Waals surface area contributed by atoms with E-state index in [9.17, 15) is 23.2 Å². The van der Waals surface area contributed by atoms with E-state index in [0.717, 1.165) is 4.57 Å². The molecule has 1 aliphatic heterocycles.